The fourth-order valence-corrected chi connectivity index (χ4v) is 2.95. The van der Waals surface area contributed by atoms with Gasteiger partial charge < -0.3 is 4.74 Å². The molecule has 0 amide bonds. The Kier molecular flexibility index (Phi) is 5.15. The van der Waals surface area contributed by atoms with Crippen molar-refractivity contribution in [1.82, 2.24) is 0 Å². The number of ether oxygens (including phenoxy) is 1. The third-order valence-electron chi connectivity index (χ3n) is 2.46. The summed E-state index contributed by atoms with van der Waals surface area (Å²) < 4.78 is 7.06. The van der Waals surface area contributed by atoms with E-state index in [0.29, 0.717) is 0 Å². The number of hydrogen-bond donors (Lipinski definition) is 0. The molecule has 0 heterocycles. The molecule has 0 spiro atoms. The number of benzene rings is 2. The van der Waals surface area contributed by atoms with Crippen molar-refractivity contribution in [3.8, 4) is 11.5 Å². The predicted molar refractivity (Wildman–Crippen MR) is 85.1 cm³/mol. The standard InChI is InChI=1S/C14H12Br2OS/c1-18-14-5-3-2-4-13(14)17-12-7-6-11(16)8-10(12)9-15/h2-8H,9H2,1H3. The normalized spacial score (nSPS) is 10.4. The van der Waals surface area contributed by atoms with Crippen LogP contribution in [0.1, 0.15) is 5.56 Å². The lowest BCUT2D eigenvalue weighted by molar-refractivity contribution is 0.467. The van der Waals surface area contributed by atoms with Crippen LogP contribution in [0.3, 0.4) is 0 Å². The molecule has 94 valence electrons. The molecule has 0 bridgehead atoms. The molecule has 0 unspecified atom stereocenters. The monoisotopic (exact) mass is 386 g/mol. The van der Waals surface area contributed by atoms with Gasteiger partial charge in [0.05, 0.1) is 0 Å². The molecule has 0 atom stereocenters. The maximum Gasteiger partial charge on any atom is 0.140 e. The van der Waals surface area contributed by atoms with Crippen LogP contribution in [-0.4, -0.2) is 6.26 Å². The highest BCUT2D eigenvalue weighted by Gasteiger charge is 2.07. The molecule has 2 aromatic carbocycles. The first-order valence-corrected chi connectivity index (χ1v) is 8.54. The van der Waals surface area contributed by atoms with E-state index in [-0.39, 0.29) is 0 Å². The van der Waals surface area contributed by atoms with Gasteiger partial charge in [0.15, 0.2) is 0 Å². The van der Waals surface area contributed by atoms with E-state index in [1.165, 1.54) is 0 Å². The number of alkyl halides is 1. The zero-order valence-electron chi connectivity index (χ0n) is 9.82. The molecule has 0 aliphatic rings. The summed E-state index contributed by atoms with van der Waals surface area (Å²) in [6, 6.07) is 14.1. The third kappa shape index (κ3) is 3.31. The van der Waals surface area contributed by atoms with E-state index in [1.807, 2.05) is 30.3 Å². The van der Waals surface area contributed by atoms with E-state index in [2.05, 4.69) is 50.2 Å². The van der Waals surface area contributed by atoms with Gasteiger partial charge in [0.1, 0.15) is 11.5 Å². The van der Waals surface area contributed by atoms with Crippen LogP contribution in [0.15, 0.2) is 51.8 Å². The quantitative estimate of drug-likeness (QED) is 0.480. The van der Waals surface area contributed by atoms with Gasteiger partial charge in [-0.1, -0.05) is 44.0 Å². The average Bonchev–Trinajstić information content (AvgIpc) is 2.41. The van der Waals surface area contributed by atoms with Crippen molar-refractivity contribution in [2.45, 2.75) is 10.2 Å². The Hall–Kier alpha value is -0.450. The molecule has 1 nitrogen and oxygen atoms in total. The summed E-state index contributed by atoms with van der Waals surface area (Å²) in [4.78, 5) is 1.14. The molecular weight excluding hydrogens is 376 g/mol. The van der Waals surface area contributed by atoms with Gasteiger partial charge in [-0.25, -0.2) is 0 Å². The number of hydrogen-bond acceptors (Lipinski definition) is 2. The maximum absolute atomic E-state index is 6.01. The van der Waals surface area contributed by atoms with E-state index in [0.717, 1.165) is 31.8 Å². The van der Waals surface area contributed by atoms with Crippen LogP contribution in [-0.2, 0) is 5.33 Å². The molecule has 0 N–H and O–H groups in total. The Balaban J connectivity index is 2.33. The largest absolute Gasteiger partial charge is 0.456 e. The minimum Gasteiger partial charge on any atom is -0.456 e. The fraction of sp³-hybridized carbons (Fsp3) is 0.143. The fourth-order valence-electron chi connectivity index (χ4n) is 1.57. The lowest BCUT2D eigenvalue weighted by Crippen LogP contribution is -1.91. The molecule has 18 heavy (non-hydrogen) atoms. The molecule has 4 heteroatoms. The molecule has 0 radical (unpaired) electrons. The topological polar surface area (TPSA) is 9.23 Å². The molecule has 0 saturated carbocycles. The molecule has 0 aliphatic heterocycles. The lowest BCUT2D eigenvalue weighted by atomic mass is 10.2. The zero-order chi connectivity index (χ0) is 13.0. The highest BCUT2D eigenvalue weighted by molar-refractivity contribution is 9.10. The number of halogens is 2. The van der Waals surface area contributed by atoms with Crippen molar-refractivity contribution < 1.29 is 4.74 Å². The smallest absolute Gasteiger partial charge is 0.140 e. The van der Waals surface area contributed by atoms with E-state index in [1.54, 1.807) is 11.8 Å². The Morgan fingerprint density at radius 1 is 1.11 bits per heavy atom. The Morgan fingerprint density at radius 3 is 2.61 bits per heavy atom. The van der Waals surface area contributed by atoms with Gasteiger partial charge in [0.2, 0.25) is 0 Å². The molecule has 2 aromatic rings. The van der Waals surface area contributed by atoms with Crippen LogP contribution < -0.4 is 4.74 Å². The summed E-state index contributed by atoms with van der Waals surface area (Å²) in [5.74, 6) is 1.78. The molecule has 0 aliphatic carbocycles. The minimum absolute atomic E-state index is 0.767. The van der Waals surface area contributed by atoms with Crippen LogP contribution in [0.25, 0.3) is 0 Å². The zero-order valence-corrected chi connectivity index (χ0v) is 13.8. The van der Waals surface area contributed by atoms with Crippen molar-refractivity contribution in [3.63, 3.8) is 0 Å². The SMILES string of the molecule is CSc1ccccc1Oc1ccc(Br)cc1CBr. The highest BCUT2D eigenvalue weighted by atomic mass is 79.9. The first kappa shape index (κ1) is 14.0. The van der Waals surface area contributed by atoms with Crippen molar-refractivity contribution in [1.29, 1.82) is 0 Å². The van der Waals surface area contributed by atoms with Crippen molar-refractivity contribution >= 4 is 43.6 Å². The molecule has 0 aromatic heterocycles. The van der Waals surface area contributed by atoms with Gasteiger partial charge >= 0.3 is 0 Å². The third-order valence-corrected chi connectivity index (χ3v) is 4.33. The summed E-state index contributed by atoms with van der Waals surface area (Å²) in [7, 11) is 0. The summed E-state index contributed by atoms with van der Waals surface area (Å²) >= 11 is 8.64. The Morgan fingerprint density at radius 2 is 1.89 bits per heavy atom. The second kappa shape index (κ2) is 6.64. The van der Waals surface area contributed by atoms with Crippen LogP contribution in [0, 0.1) is 0 Å². The summed E-state index contributed by atoms with van der Waals surface area (Å²) in [6.07, 6.45) is 2.05. The van der Waals surface area contributed by atoms with Gasteiger partial charge in [0.25, 0.3) is 0 Å². The van der Waals surface area contributed by atoms with Gasteiger partial charge in [0, 0.05) is 20.3 Å². The summed E-state index contributed by atoms with van der Waals surface area (Å²) in [5, 5.41) is 0.767. The predicted octanol–water partition coefficient (Wildman–Crippen LogP) is 5.86. The second-order valence-corrected chi connectivity index (χ2v) is 5.96. The minimum atomic E-state index is 0.767. The molecule has 0 saturated heterocycles. The lowest BCUT2D eigenvalue weighted by Gasteiger charge is -2.12. The van der Waals surface area contributed by atoms with E-state index >= 15 is 0 Å². The average molecular weight is 388 g/mol. The highest BCUT2D eigenvalue weighted by Crippen LogP contribution is 2.34. The first-order valence-electron chi connectivity index (χ1n) is 5.40. The van der Waals surface area contributed by atoms with Crippen molar-refractivity contribution in [2.24, 2.45) is 0 Å². The van der Waals surface area contributed by atoms with E-state index < -0.39 is 0 Å². The van der Waals surface area contributed by atoms with E-state index in [9.17, 15) is 0 Å². The summed E-state index contributed by atoms with van der Waals surface area (Å²) in [5.41, 5.74) is 1.13. The second-order valence-electron chi connectivity index (χ2n) is 3.64. The Bertz CT molecular complexity index is 543. The number of para-hydroxylation sites is 1. The van der Waals surface area contributed by atoms with Crippen molar-refractivity contribution in [2.75, 3.05) is 6.26 Å². The first-order chi connectivity index (χ1) is 8.74. The maximum atomic E-state index is 6.01. The van der Waals surface area contributed by atoms with Crippen LogP contribution >= 0.6 is 43.6 Å². The molecule has 0 fully saturated rings. The van der Waals surface area contributed by atoms with Gasteiger partial charge in [-0.05, 0) is 36.6 Å². The van der Waals surface area contributed by atoms with Crippen LogP contribution in [0.2, 0.25) is 0 Å². The molecular formula is C14H12Br2OS. The van der Waals surface area contributed by atoms with Crippen LogP contribution in [0.5, 0.6) is 11.5 Å². The van der Waals surface area contributed by atoms with Gasteiger partial charge in [-0.2, -0.15) is 0 Å². The van der Waals surface area contributed by atoms with E-state index in [4.69, 9.17) is 4.74 Å². The number of rotatable bonds is 4. The molecule has 2 rings (SSSR count). The number of thioether (sulfide) groups is 1. The van der Waals surface area contributed by atoms with Gasteiger partial charge in [-0.15, -0.1) is 11.8 Å². The van der Waals surface area contributed by atoms with Crippen molar-refractivity contribution in [3.05, 3.63) is 52.5 Å². The van der Waals surface area contributed by atoms with Gasteiger partial charge in [-0.3, -0.25) is 0 Å². The Labute approximate surface area is 128 Å². The summed E-state index contributed by atoms with van der Waals surface area (Å²) in [6.45, 7) is 0. The van der Waals surface area contributed by atoms with Crippen LogP contribution in [0.4, 0.5) is 0 Å².